The van der Waals surface area contributed by atoms with E-state index >= 15 is 0 Å². The minimum Gasteiger partial charge on any atom is -0.369 e. The maximum absolute atomic E-state index is 13.0. The van der Waals surface area contributed by atoms with E-state index in [2.05, 4.69) is 4.90 Å². The van der Waals surface area contributed by atoms with Crippen molar-refractivity contribution in [3.8, 4) is 0 Å². The Kier molecular flexibility index (Phi) is 5.21. The lowest BCUT2D eigenvalue weighted by atomic mass is 10.2. The summed E-state index contributed by atoms with van der Waals surface area (Å²) in [5.74, 6) is -0.0483. The third-order valence-electron chi connectivity index (χ3n) is 5.14. The van der Waals surface area contributed by atoms with E-state index < -0.39 is 10.0 Å². The van der Waals surface area contributed by atoms with Gasteiger partial charge in [0.25, 0.3) is 15.9 Å². The van der Waals surface area contributed by atoms with Crippen molar-refractivity contribution in [2.45, 2.75) is 17.1 Å². The number of thiophene rings is 1. The van der Waals surface area contributed by atoms with Gasteiger partial charge in [0, 0.05) is 45.0 Å². The molecule has 4 rings (SSSR count). The SMILES string of the molecule is O=C(c1ccc(S(=O)(=O)N2CCN(c3ccccc3)CC2)s1)N1CCCC1. The highest BCUT2D eigenvalue weighted by atomic mass is 32.2. The fraction of sp³-hybridized carbons (Fsp3) is 0.421. The van der Waals surface area contributed by atoms with Crippen molar-refractivity contribution in [3.05, 3.63) is 47.3 Å². The summed E-state index contributed by atoms with van der Waals surface area (Å²) in [6, 6.07) is 13.3. The van der Waals surface area contributed by atoms with Gasteiger partial charge in [-0.3, -0.25) is 4.79 Å². The zero-order chi connectivity index (χ0) is 18.9. The lowest BCUT2D eigenvalue weighted by Gasteiger charge is -2.35. The highest BCUT2D eigenvalue weighted by molar-refractivity contribution is 7.91. The Morgan fingerprint density at radius 3 is 2.19 bits per heavy atom. The second kappa shape index (κ2) is 7.61. The maximum atomic E-state index is 13.0. The summed E-state index contributed by atoms with van der Waals surface area (Å²) in [6.45, 7) is 3.75. The van der Waals surface area contributed by atoms with E-state index in [-0.39, 0.29) is 10.1 Å². The zero-order valence-electron chi connectivity index (χ0n) is 15.1. The molecule has 2 aromatic rings. The summed E-state index contributed by atoms with van der Waals surface area (Å²) in [6.07, 6.45) is 2.04. The van der Waals surface area contributed by atoms with Gasteiger partial charge in [-0.05, 0) is 37.1 Å². The largest absolute Gasteiger partial charge is 0.369 e. The van der Waals surface area contributed by atoms with Crippen LogP contribution in [0.25, 0.3) is 0 Å². The molecular weight excluding hydrogens is 382 g/mol. The molecule has 0 spiro atoms. The molecule has 2 aliphatic heterocycles. The summed E-state index contributed by atoms with van der Waals surface area (Å²) in [5, 5.41) is 0. The van der Waals surface area contributed by atoms with E-state index in [1.165, 1.54) is 4.31 Å². The third-order valence-corrected chi connectivity index (χ3v) is 8.58. The van der Waals surface area contributed by atoms with Crippen LogP contribution in [-0.2, 0) is 10.0 Å². The standard InChI is InChI=1S/C19H23N3O3S2/c23-19(21-10-4-5-11-21)17-8-9-18(26-17)27(24,25)22-14-12-20(13-15-22)16-6-2-1-3-7-16/h1-3,6-9H,4-5,10-15H2. The normalized spacial score (nSPS) is 18.8. The van der Waals surface area contributed by atoms with Gasteiger partial charge in [0.15, 0.2) is 0 Å². The summed E-state index contributed by atoms with van der Waals surface area (Å²) in [5.41, 5.74) is 1.11. The predicted molar refractivity (Wildman–Crippen MR) is 107 cm³/mol. The molecule has 1 amide bonds. The van der Waals surface area contributed by atoms with E-state index in [9.17, 15) is 13.2 Å². The first-order valence-electron chi connectivity index (χ1n) is 9.25. The average molecular weight is 406 g/mol. The maximum Gasteiger partial charge on any atom is 0.263 e. The number of hydrogen-bond acceptors (Lipinski definition) is 5. The number of likely N-dealkylation sites (tertiary alicyclic amines) is 1. The smallest absolute Gasteiger partial charge is 0.263 e. The van der Waals surface area contributed by atoms with Gasteiger partial charge in [0.2, 0.25) is 0 Å². The Balaban J connectivity index is 1.44. The molecular formula is C19H23N3O3S2. The number of nitrogens with zero attached hydrogens (tertiary/aromatic N) is 3. The topological polar surface area (TPSA) is 60.9 Å². The van der Waals surface area contributed by atoms with Gasteiger partial charge in [-0.2, -0.15) is 4.31 Å². The second-order valence-corrected chi connectivity index (χ2v) is 10.1. The van der Waals surface area contributed by atoms with Gasteiger partial charge in [-0.1, -0.05) is 18.2 Å². The van der Waals surface area contributed by atoms with Crippen LogP contribution in [0.2, 0.25) is 0 Å². The molecule has 0 bridgehead atoms. The zero-order valence-corrected chi connectivity index (χ0v) is 16.7. The molecule has 0 atom stereocenters. The number of benzene rings is 1. The fourth-order valence-electron chi connectivity index (χ4n) is 3.60. The minimum atomic E-state index is -3.55. The number of amides is 1. The number of anilines is 1. The summed E-state index contributed by atoms with van der Waals surface area (Å²) in [4.78, 5) is 17.0. The Morgan fingerprint density at radius 2 is 1.52 bits per heavy atom. The molecule has 0 saturated carbocycles. The molecule has 2 aliphatic rings. The van der Waals surface area contributed by atoms with Crippen molar-refractivity contribution >= 4 is 33.0 Å². The van der Waals surface area contributed by atoms with E-state index in [4.69, 9.17) is 0 Å². The van der Waals surface area contributed by atoms with Crippen LogP contribution in [-0.4, -0.2) is 62.8 Å². The molecule has 1 aromatic heterocycles. The lowest BCUT2D eigenvalue weighted by molar-refractivity contribution is 0.0797. The van der Waals surface area contributed by atoms with E-state index in [0.29, 0.717) is 31.1 Å². The Bertz CT molecular complexity index is 897. The molecule has 2 saturated heterocycles. The highest BCUT2D eigenvalue weighted by Gasteiger charge is 2.31. The molecule has 6 nitrogen and oxygen atoms in total. The molecule has 1 aromatic carbocycles. The summed E-state index contributed by atoms with van der Waals surface area (Å²) in [7, 11) is -3.55. The second-order valence-electron chi connectivity index (χ2n) is 6.84. The lowest BCUT2D eigenvalue weighted by Crippen LogP contribution is -2.48. The molecule has 3 heterocycles. The van der Waals surface area contributed by atoms with Gasteiger partial charge in [-0.25, -0.2) is 8.42 Å². The number of hydrogen-bond donors (Lipinski definition) is 0. The molecule has 0 unspecified atom stereocenters. The molecule has 2 fully saturated rings. The van der Waals surface area contributed by atoms with E-state index in [1.807, 2.05) is 30.3 Å². The van der Waals surface area contributed by atoms with Crippen LogP contribution in [0.15, 0.2) is 46.7 Å². The van der Waals surface area contributed by atoms with Crippen molar-refractivity contribution in [1.29, 1.82) is 0 Å². The van der Waals surface area contributed by atoms with Crippen LogP contribution in [0.3, 0.4) is 0 Å². The van der Waals surface area contributed by atoms with Crippen molar-refractivity contribution in [3.63, 3.8) is 0 Å². The molecule has 0 radical (unpaired) electrons. The van der Waals surface area contributed by atoms with Gasteiger partial charge in [0.05, 0.1) is 4.88 Å². The number of carbonyl (C=O) groups excluding carboxylic acids is 1. The number of piperazine rings is 1. The van der Waals surface area contributed by atoms with Gasteiger partial charge < -0.3 is 9.80 Å². The average Bonchev–Trinajstić information content (AvgIpc) is 3.41. The third kappa shape index (κ3) is 3.74. The van der Waals surface area contributed by atoms with Crippen LogP contribution in [0.4, 0.5) is 5.69 Å². The quantitative estimate of drug-likeness (QED) is 0.784. The van der Waals surface area contributed by atoms with Crippen LogP contribution in [0.5, 0.6) is 0 Å². The highest BCUT2D eigenvalue weighted by Crippen LogP contribution is 2.28. The van der Waals surface area contributed by atoms with Crippen LogP contribution in [0, 0.1) is 0 Å². The molecule has 0 aliphatic carbocycles. The monoisotopic (exact) mass is 405 g/mol. The number of carbonyl (C=O) groups is 1. The van der Waals surface area contributed by atoms with E-state index in [1.54, 1.807) is 17.0 Å². The van der Waals surface area contributed by atoms with Crippen LogP contribution < -0.4 is 4.90 Å². The summed E-state index contributed by atoms with van der Waals surface area (Å²) < 4.78 is 27.8. The van der Waals surface area contributed by atoms with Gasteiger partial charge in [-0.15, -0.1) is 11.3 Å². The first-order valence-corrected chi connectivity index (χ1v) is 11.5. The van der Waals surface area contributed by atoms with Crippen molar-refractivity contribution in [2.75, 3.05) is 44.2 Å². The molecule has 27 heavy (non-hydrogen) atoms. The Labute approximate surface area is 164 Å². The predicted octanol–water partition coefficient (Wildman–Crippen LogP) is 2.50. The van der Waals surface area contributed by atoms with E-state index in [0.717, 1.165) is 43.0 Å². The number of para-hydroxylation sites is 1. The van der Waals surface area contributed by atoms with Gasteiger partial charge >= 0.3 is 0 Å². The van der Waals surface area contributed by atoms with Crippen LogP contribution >= 0.6 is 11.3 Å². The van der Waals surface area contributed by atoms with Crippen molar-refractivity contribution in [1.82, 2.24) is 9.21 Å². The minimum absolute atomic E-state index is 0.0483. The van der Waals surface area contributed by atoms with Gasteiger partial charge in [0.1, 0.15) is 4.21 Å². The first kappa shape index (κ1) is 18.5. The molecule has 8 heteroatoms. The Hall–Kier alpha value is -1.90. The van der Waals surface area contributed by atoms with Crippen LogP contribution in [0.1, 0.15) is 22.5 Å². The molecule has 0 N–H and O–H groups in total. The number of rotatable bonds is 4. The van der Waals surface area contributed by atoms with Crippen molar-refractivity contribution < 1.29 is 13.2 Å². The molecule has 144 valence electrons. The fourth-order valence-corrected chi connectivity index (χ4v) is 6.45. The Morgan fingerprint density at radius 1 is 0.852 bits per heavy atom. The first-order chi connectivity index (χ1) is 13.1. The summed E-state index contributed by atoms with van der Waals surface area (Å²) >= 11 is 1.09. The number of sulfonamides is 1. The van der Waals surface area contributed by atoms with Crippen molar-refractivity contribution in [2.24, 2.45) is 0 Å².